The SMILES string of the molecule is C[C@@H]1CC[C@@]2(C)C(C1)C[C@@H](OCCCN=[N+]=[N-])C1[C@@H]3CC[C@H]([C@H](C)CCCO)[C@@]3(C)[C@@H](C)C[C@@H]12. The molecular weight excluding hydrogens is 422 g/mol. The van der Waals surface area contributed by atoms with Gasteiger partial charge in [-0.3, -0.25) is 0 Å². The molecule has 0 aromatic carbocycles. The summed E-state index contributed by atoms with van der Waals surface area (Å²) in [6, 6.07) is 0. The van der Waals surface area contributed by atoms with Crippen molar-refractivity contribution in [1.29, 1.82) is 0 Å². The highest BCUT2D eigenvalue weighted by atomic mass is 16.5. The molecule has 4 saturated carbocycles. The van der Waals surface area contributed by atoms with Crippen molar-refractivity contribution in [2.75, 3.05) is 19.8 Å². The van der Waals surface area contributed by atoms with E-state index in [-0.39, 0.29) is 0 Å². The molecule has 0 bridgehead atoms. The molecule has 5 heteroatoms. The zero-order valence-electron chi connectivity index (χ0n) is 22.6. The molecule has 0 radical (unpaired) electrons. The van der Waals surface area contributed by atoms with Gasteiger partial charge in [0, 0.05) is 24.7 Å². The third-order valence-corrected chi connectivity index (χ3v) is 11.9. The first kappa shape index (κ1) is 26.3. The minimum absolute atomic E-state index is 0.321. The number of rotatable bonds is 9. The van der Waals surface area contributed by atoms with E-state index < -0.39 is 0 Å². The molecule has 194 valence electrons. The third kappa shape index (κ3) is 4.55. The van der Waals surface area contributed by atoms with Crippen LogP contribution in [0.1, 0.15) is 98.8 Å². The Morgan fingerprint density at radius 1 is 1.09 bits per heavy atom. The third-order valence-electron chi connectivity index (χ3n) is 11.9. The highest BCUT2D eigenvalue weighted by Gasteiger charge is 2.65. The Bertz CT molecular complexity index is 739. The van der Waals surface area contributed by atoms with Gasteiger partial charge in [0.15, 0.2) is 0 Å². The lowest BCUT2D eigenvalue weighted by molar-refractivity contribution is -0.198. The highest BCUT2D eigenvalue weighted by molar-refractivity contribution is 5.13. The average Bonchev–Trinajstić information content (AvgIpc) is 3.17. The van der Waals surface area contributed by atoms with E-state index in [4.69, 9.17) is 10.3 Å². The molecule has 4 aliphatic rings. The van der Waals surface area contributed by atoms with Crippen molar-refractivity contribution in [2.45, 2.75) is 105 Å². The topological polar surface area (TPSA) is 78.2 Å². The normalized spacial score (nSPS) is 46.6. The van der Waals surface area contributed by atoms with E-state index in [0.29, 0.717) is 41.9 Å². The van der Waals surface area contributed by atoms with Crippen molar-refractivity contribution >= 4 is 0 Å². The van der Waals surface area contributed by atoms with Gasteiger partial charge in [0.05, 0.1) is 6.10 Å². The molecular formula is C29H51N3O2. The first-order valence-electron chi connectivity index (χ1n) is 14.5. The second-order valence-electron chi connectivity index (χ2n) is 13.4. The van der Waals surface area contributed by atoms with Gasteiger partial charge in [-0.2, -0.15) is 0 Å². The molecule has 0 aliphatic heterocycles. The maximum atomic E-state index is 9.45. The number of hydrogen-bond donors (Lipinski definition) is 1. The summed E-state index contributed by atoms with van der Waals surface area (Å²) >= 11 is 0. The van der Waals surface area contributed by atoms with Crippen molar-refractivity contribution in [2.24, 2.45) is 63.3 Å². The van der Waals surface area contributed by atoms with Gasteiger partial charge in [0.1, 0.15) is 0 Å². The molecule has 0 spiro atoms. The highest BCUT2D eigenvalue weighted by Crippen LogP contribution is 2.70. The van der Waals surface area contributed by atoms with Gasteiger partial charge in [-0.1, -0.05) is 46.2 Å². The molecule has 4 rings (SSSR count). The van der Waals surface area contributed by atoms with Crippen LogP contribution >= 0.6 is 0 Å². The Hall–Kier alpha value is -0.770. The van der Waals surface area contributed by atoms with Crippen molar-refractivity contribution in [3.05, 3.63) is 10.4 Å². The predicted octanol–water partition coefficient (Wildman–Crippen LogP) is 7.63. The molecule has 4 fully saturated rings. The van der Waals surface area contributed by atoms with Gasteiger partial charge in [-0.25, -0.2) is 0 Å². The fourth-order valence-electron chi connectivity index (χ4n) is 9.92. The summed E-state index contributed by atoms with van der Waals surface area (Å²) in [5, 5.41) is 13.2. The molecule has 4 aliphatic carbocycles. The molecule has 0 amide bonds. The Labute approximate surface area is 208 Å². The van der Waals surface area contributed by atoms with Crippen LogP contribution in [0.3, 0.4) is 0 Å². The number of fused-ring (bicyclic) bond motifs is 5. The molecule has 2 unspecified atom stereocenters. The van der Waals surface area contributed by atoms with Gasteiger partial charge in [0.2, 0.25) is 0 Å². The van der Waals surface area contributed by atoms with Crippen LogP contribution in [-0.2, 0) is 4.74 Å². The van der Waals surface area contributed by atoms with E-state index in [0.717, 1.165) is 61.4 Å². The smallest absolute Gasteiger partial charge is 0.0611 e. The van der Waals surface area contributed by atoms with Crippen molar-refractivity contribution < 1.29 is 9.84 Å². The molecule has 0 aromatic rings. The fraction of sp³-hybridized carbons (Fsp3) is 1.00. The Morgan fingerprint density at radius 2 is 1.88 bits per heavy atom. The summed E-state index contributed by atoms with van der Waals surface area (Å²) in [7, 11) is 0. The summed E-state index contributed by atoms with van der Waals surface area (Å²) in [5.74, 6) is 6.04. The fourth-order valence-corrected chi connectivity index (χ4v) is 9.92. The van der Waals surface area contributed by atoms with Crippen LogP contribution in [0.25, 0.3) is 10.4 Å². The summed E-state index contributed by atoms with van der Waals surface area (Å²) in [4.78, 5) is 2.92. The predicted molar refractivity (Wildman–Crippen MR) is 138 cm³/mol. The second kappa shape index (κ2) is 10.7. The minimum atomic E-state index is 0.321. The van der Waals surface area contributed by atoms with E-state index in [1.165, 1.54) is 44.9 Å². The monoisotopic (exact) mass is 473 g/mol. The Balaban J connectivity index is 1.61. The van der Waals surface area contributed by atoms with E-state index in [1.807, 2.05) is 0 Å². The number of nitrogens with zero attached hydrogens (tertiary/aromatic N) is 3. The Morgan fingerprint density at radius 3 is 2.62 bits per heavy atom. The number of aliphatic hydroxyl groups excluding tert-OH is 1. The zero-order chi connectivity index (χ0) is 24.5. The van der Waals surface area contributed by atoms with Crippen LogP contribution in [0.5, 0.6) is 0 Å². The molecule has 1 N–H and O–H groups in total. The van der Waals surface area contributed by atoms with Gasteiger partial charge >= 0.3 is 0 Å². The van der Waals surface area contributed by atoms with Crippen LogP contribution < -0.4 is 0 Å². The van der Waals surface area contributed by atoms with Crippen LogP contribution in [-0.4, -0.2) is 31.0 Å². The number of azide groups is 1. The van der Waals surface area contributed by atoms with Gasteiger partial charge in [-0.05, 0) is 121 Å². The zero-order valence-corrected chi connectivity index (χ0v) is 22.6. The van der Waals surface area contributed by atoms with E-state index >= 15 is 0 Å². The van der Waals surface area contributed by atoms with Crippen LogP contribution in [0.2, 0.25) is 0 Å². The standard InChI is InChI=1S/C29H51N3O2/c1-19-11-12-28(4)22(16-19)18-26(34-15-7-13-31-32-30)27-24-10-9-23(20(2)8-6-14-33)29(24,5)21(3)17-25(27)28/h19-27,33H,6-18H2,1-5H3/t19-,20-,21+,22?,23-,24+,25+,26-,27?,28+,29-/m1/s1. The second-order valence-corrected chi connectivity index (χ2v) is 13.4. The van der Waals surface area contributed by atoms with Crippen LogP contribution in [0.4, 0.5) is 0 Å². The van der Waals surface area contributed by atoms with Gasteiger partial charge in [0.25, 0.3) is 0 Å². The van der Waals surface area contributed by atoms with Crippen molar-refractivity contribution in [3.63, 3.8) is 0 Å². The minimum Gasteiger partial charge on any atom is -0.396 e. The largest absolute Gasteiger partial charge is 0.396 e. The lowest BCUT2D eigenvalue weighted by Gasteiger charge is -2.65. The molecule has 11 atom stereocenters. The average molecular weight is 474 g/mol. The van der Waals surface area contributed by atoms with Crippen molar-refractivity contribution in [1.82, 2.24) is 0 Å². The molecule has 5 nitrogen and oxygen atoms in total. The van der Waals surface area contributed by atoms with E-state index in [2.05, 4.69) is 44.6 Å². The summed E-state index contributed by atoms with van der Waals surface area (Å²) in [6.07, 6.45) is 12.7. The van der Waals surface area contributed by atoms with Gasteiger partial charge in [-0.15, -0.1) is 0 Å². The molecule has 0 aromatic heterocycles. The quantitative estimate of drug-likeness (QED) is 0.162. The van der Waals surface area contributed by atoms with Crippen LogP contribution in [0.15, 0.2) is 5.11 Å². The summed E-state index contributed by atoms with van der Waals surface area (Å²) in [6.45, 7) is 14.4. The summed E-state index contributed by atoms with van der Waals surface area (Å²) in [5.41, 5.74) is 9.49. The lowest BCUT2D eigenvalue weighted by Crippen LogP contribution is -2.60. The number of aliphatic hydroxyl groups is 1. The van der Waals surface area contributed by atoms with E-state index in [9.17, 15) is 5.11 Å². The maximum absolute atomic E-state index is 9.45. The number of ether oxygens (including phenoxy) is 1. The lowest BCUT2D eigenvalue weighted by atomic mass is 9.41. The van der Waals surface area contributed by atoms with Gasteiger partial charge < -0.3 is 9.84 Å². The molecule has 0 saturated heterocycles. The molecule has 0 heterocycles. The number of hydrogen-bond acceptors (Lipinski definition) is 3. The van der Waals surface area contributed by atoms with Crippen LogP contribution in [0, 0.1) is 58.2 Å². The summed E-state index contributed by atoms with van der Waals surface area (Å²) < 4.78 is 6.76. The maximum Gasteiger partial charge on any atom is 0.0611 e. The first-order chi connectivity index (χ1) is 16.3. The van der Waals surface area contributed by atoms with Crippen molar-refractivity contribution in [3.8, 4) is 0 Å². The first-order valence-corrected chi connectivity index (χ1v) is 14.5. The van der Waals surface area contributed by atoms with E-state index in [1.54, 1.807) is 0 Å². The Kier molecular flexibility index (Phi) is 8.27. The molecule has 34 heavy (non-hydrogen) atoms.